The minimum absolute atomic E-state index is 0.105. The molecule has 9 nitrogen and oxygen atoms in total. The number of aromatic hydroxyl groups is 1. The lowest BCUT2D eigenvalue weighted by Crippen LogP contribution is -2.24. The number of hydrogen-bond donors (Lipinski definition) is 2. The molecule has 2 aromatic carbocycles. The number of carbonyl (C=O) groups is 1. The summed E-state index contributed by atoms with van der Waals surface area (Å²) in [7, 11) is 1.24. The summed E-state index contributed by atoms with van der Waals surface area (Å²) in [6.45, 7) is -0.359. The Balaban J connectivity index is 1.96. The third-order valence-electron chi connectivity index (χ3n) is 3.08. The second-order valence-corrected chi connectivity index (χ2v) is 4.88. The number of hydrazone groups is 1. The van der Waals surface area contributed by atoms with Crippen LogP contribution in [0.25, 0.3) is 0 Å². The summed E-state index contributed by atoms with van der Waals surface area (Å²) in [5, 5.41) is 24.2. The second-order valence-electron chi connectivity index (χ2n) is 4.88. The van der Waals surface area contributed by atoms with Crippen molar-refractivity contribution in [2.75, 3.05) is 13.7 Å². The maximum atomic E-state index is 12.7. The Kier molecular flexibility index (Phi) is 6.04. The van der Waals surface area contributed by atoms with E-state index in [1.165, 1.54) is 37.4 Å². The fraction of sp³-hybridized carbons (Fsp3) is 0.125. The number of nitrogens with one attached hydrogen (secondary N) is 1. The topological polar surface area (TPSA) is 123 Å². The summed E-state index contributed by atoms with van der Waals surface area (Å²) in [6, 6.07) is 7.50. The zero-order chi connectivity index (χ0) is 19.1. The number of benzene rings is 2. The first-order valence-electron chi connectivity index (χ1n) is 7.16. The van der Waals surface area contributed by atoms with E-state index in [1.807, 2.05) is 0 Å². The standard InChI is InChI=1S/C16H14FN3O6/c1-25-14-7-10(6-13(16(14)22)20(23)24)8-18-19-15(21)9-26-12-4-2-11(17)3-5-12/h2-8,22H,9H2,1H3,(H,19,21)/b18-8-. The number of ether oxygens (including phenoxy) is 2. The predicted molar refractivity (Wildman–Crippen MR) is 88.9 cm³/mol. The van der Waals surface area contributed by atoms with Crippen LogP contribution in [0, 0.1) is 15.9 Å². The van der Waals surface area contributed by atoms with E-state index in [2.05, 4.69) is 10.5 Å². The molecule has 0 atom stereocenters. The zero-order valence-corrected chi connectivity index (χ0v) is 13.5. The Hall–Kier alpha value is -3.69. The highest BCUT2D eigenvalue weighted by atomic mass is 19.1. The van der Waals surface area contributed by atoms with Crippen LogP contribution in [0.3, 0.4) is 0 Å². The Morgan fingerprint density at radius 2 is 2.08 bits per heavy atom. The largest absolute Gasteiger partial charge is 0.500 e. The number of methoxy groups -OCH3 is 1. The van der Waals surface area contributed by atoms with Crippen LogP contribution >= 0.6 is 0 Å². The molecule has 0 radical (unpaired) electrons. The number of hydrogen-bond acceptors (Lipinski definition) is 7. The molecule has 2 N–H and O–H groups in total. The third-order valence-corrected chi connectivity index (χ3v) is 3.08. The maximum absolute atomic E-state index is 12.7. The number of nitrogens with zero attached hydrogens (tertiary/aromatic N) is 2. The van der Waals surface area contributed by atoms with E-state index in [1.54, 1.807) is 0 Å². The minimum Gasteiger partial charge on any atom is -0.500 e. The minimum atomic E-state index is -0.774. The van der Waals surface area contributed by atoms with Gasteiger partial charge in [-0.2, -0.15) is 5.10 Å². The molecule has 0 saturated carbocycles. The fourth-order valence-electron chi connectivity index (χ4n) is 1.87. The molecule has 0 aliphatic rings. The summed E-state index contributed by atoms with van der Waals surface area (Å²) in [5.41, 5.74) is 1.84. The predicted octanol–water partition coefficient (Wildman–Crippen LogP) is 1.98. The molecule has 2 rings (SSSR count). The van der Waals surface area contributed by atoms with Gasteiger partial charge in [-0.1, -0.05) is 0 Å². The first-order valence-corrected chi connectivity index (χ1v) is 7.16. The molecule has 0 heterocycles. The second kappa shape index (κ2) is 8.42. The number of nitro benzene ring substituents is 1. The van der Waals surface area contributed by atoms with Crippen molar-refractivity contribution < 1.29 is 28.7 Å². The average molecular weight is 363 g/mol. The van der Waals surface area contributed by atoms with Crippen molar-refractivity contribution in [1.82, 2.24) is 5.43 Å². The Labute approximate surface area is 146 Å². The van der Waals surface area contributed by atoms with Gasteiger partial charge in [0, 0.05) is 11.6 Å². The van der Waals surface area contributed by atoms with Crippen molar-refractivity contribution in [3.8, 4) is 17.2 Å². The molecule has 1 amide bonds. The molecule has 26 heavy (non-hydrogen) atoms. The van der Waals surface area contributed by atoms with Crippen LogP contribution < -0.4 is 14.9 Å². The summed E-state index contributed by atoms with van der Waals surface area (Å²) < 4.78 is 22.7. The van der Waals surface area contributed by atoms with E-state index in [0.717, 1.165) is 12.3 Å². The number of amides is 1. The van der Waals surface area contributed by atoms with Gasteiger partial charge in [-0.15, -0.1) is 0 Å². The summed E-state index contributed by atoms with van der Waals surface area (Å²) in [6.07, 6.45) is 1.14. The van der Waals surface area contributed by atoms with E-state index < -0.39 is 28.1 Å². The smallest absolute Gasteiger partial charge is 0.315 e. The lowest BCUT2D eigenvalue weighted by molar-refractivity contribution is -0.386. The summed E-state index contributed by atoms with van der Waals surface area (Å²) >= 11 is 0. The molecule has 0 spiro atoms. The highest BCUT2D eigenvalue weighted by Crippen LogP contribution is 2.36. The van der Waals surface area contributed by atoms with Crippen LogP contribution in [0.4, 0.5) is 10.1 Å². The van der Waals surface area contributed by atoms with E-state index in [0.29, 0.717) is 5.75 Å². The monoisotopic (exact) mass is 363 g/mol. The highest BCUT2D eigenvalue weighted by molar-refractivity contribution is 5.85. The van der Waals surface area contributed by atoms with Crippen LogP contribution in [-0.2, 0) is 4.79 Å². The molecular formula is C16H14FN3O6. The lowest BCUT2D eigenvalue weighted by atomic mass is 10.2. The van der Waals surface area contributed by atoms with Crippen molar-refractivity contribution in [3.05, 3.63) is 57.9 Å². The average Bonchev–Trinajstić information content (AvgIpc) is 2.62. The summed E-state index contributed by atoms with van der Waals surface area (Å²) in [5.74, 6) is -1.42. The van der Waals surface area contributed by atoms with Gasteiger partial charge >= 0.3 is 5.69 Å². The van der Waals surface area contributed by atoms with Gasteiger partial charge in [0.15, 0.2) is 12.4 Å². The van der Waals surface area contributed by atoms with E-state index in [9.17, 15) is 24.4 Å². The van der Waals surface area contributed by atoms with E-state index in [4.69, 9.17) is 9.47 Å². The molecule has 0 aromatic heterocycles. The fourth-order valence-corrected chi connectivity index (χ4v) is 1.87. The Morgan fingerprint density at radius 3 is 2.69 bits per heavy atom. The molecule has 0 bridgehead atoms. The number of phenols is 1. The Bertz CT molecular complexity index is 839. The van der Waals surface area contributed by atoms with Crippen LogP contribution in [0.5, 0.6) is 17.2 Å². The van der Waals surface area contributed by atoms with Crippen molar-refractivity contribution >= 4 is 17.8 Å². The Morgan fingerprint density at radius 1 is 1.38 bits per heavy atom. The number of carbonyl (C=O) groups excluding carboxylic acids is 1. The van der Waals surface area contributed by atoms with Crippen molar-refractivity contribution in [2.45, 2.75) is 0 Å². The van der Waals surface area contributed by atoms with Crippen molar-refractivity contribution in [1.29, 1.82) is 0 Å². The maximum Gasteiger partial charge on any atom is 0.315 e. The van der Waals surface area contributed by atoms with Crippen LogP contribution in [0.15, 0.2) is 41.5 Å². The van der Waals surface area contributed by atoms with Gasteiger partial charge in [-0.05, 0) is 30.3 Å². The molecular weight excluding hydrogens is 349 g/mol. The molecule has 2 aromatic rings. The SMILES string of the molecule is COc1cc(/C=N\NC(=O)COc2ccc(F)cc2)cc([N+](=O)[O-])c1O. The molecule has 0 unspecified atom stereocenters. The first kappa shape index (κ1) is 18.6. The zero-order valence-electron chi connectivity index (χ0n) is 13.5. The summed E-state index contributed by atoms with van der Waals surface area (Å²) in [4.78, 5) is 21.8. The third kappa shape index (κ3) is 4.90. The highest BCUT2D eigenvalue weighted by Gasteiger charge is 2.19. The number of phenolic OH excluding ortho intramolecular Hbond substituents is 1. The molecule has 0 fully saturated rings. The number of nitro groups is 1. The van der Waals surface area contributed by atoms with Gasteiger partial charge in [-0.3, -0.25) is 14.9 Å². The van der Waals surface area contributed by atoms with Gasteiger partial charge in [0.25, 0.3) is 5.91 Å². The van der Waals surface area contributed by atoms with Crippen LogP contribution in [0.1, 0.15) is 5.56 Å². The van der Waals surface area contributed by atoms with Crippen molar-refractivity contribution in [2.24, 2.45) is 5.10 Å². The van der Waals surface area contributed by atoms with Gasteiger partial charge in [0.1, 0.15) is 11.6 Å². The molecule has 10 heteroatoms. The number of halogens is 1. The molecule has 0 saturated heterocycles. The molecule has 136 valence electrons. The van der Waals surface area contributed by atoms with Gasteiger partial charge < -0.3 is 14.6 Å². The van der Waals surface area contributed by atoms with Crippen LogP contribution in [-0.4, -0.2) is 35.9 Å². The van der Waals surface area contributed by atoms with Gasteiger partial charge in [0.05, 0.1) is 18.2 Å². The van der Waals surface area contributed by atoms with E-state index >= 15 is 0 Å². The molecule has 0 aliphatic carbocycles. The first-order chi connectivity index (χ1) is 12.4. The van der Waals surface area contributed by atoms with E-state index in [-0.39, 0.29) is 17.9 Å². The quantitative estimate of drug-likeness (QED) is 0.440. The van der Waals surface area contributed by atoms with Crippen molar-refractivity contribution in [3.63, 3.8) is 0 Å². The normalized spacial score (nSPS) is 10.5. The van der Waals surface area contributed by atoms with Crippen LogP contribution in [0.2, 0.25) is 0 Å². The number of rotatable bonds is 7. The molecule has 0 aliphatic heterocycles. The lowest BCUT2D eigenvalue weighted by Gasteiger charge is -2.06. The van der Waals surface area contributed by atoms with Gasteiger partial charge in [0.2, 0.25) is 5.75 Å². The van der Waals surface area contributed by atoms with Gasteiger partial charge in [-0.25, -0.2) is 9.82 Å².